The number of hydrogen-bond donors (Lipinski definition) is 5. The molecule has 5 N–H and O–H groups in total. The van der Waals surface area contributed by atoms with Crippen LogP contribution in [0.15, 0.2) is 48.1 Å². The molecule has 0 aromatic heterocycles. The van der Waals surface area contributed by atoms with Crippen LogP contribution in [0.2, 0.25) is 0 Å². The van der Waals surface area contributed by atoms with Gasteiger partial charge in [-0.25, -0.2) is 9.59 Å². The highest BCUT2D eigenvalue weighted by Crippen LogP contribution is 2.72. The van der Waals surface area contributed by atoms with Gasteiger partial charge in [-0.05, 0) is 92.7 Å². The minimum absolute atomic E-state index is 0.00783. The maximum absolute atomic E-state index is 14.7. The first-order valence-corrected chi connectivity index (χ1v) is 20.3. The molecule has 4 aliphatic rings. The summed E-state index contributed by atoms with van der Waals surface area (Å²) in [6.07, 6.45) is 6.67. The van der Waals surface area contributed by atoms with Crippen molar-refractivity contribution in [3.8, 4) is 11.5 Å². The fraction of sp³-hybridized carbons (Fsp3) is 0.585. The molecule has 8 atom stereocenters. The van der Waals surface area contributed by atoms with Gasteiger partial charge in [-0.2, -0.15) is 0 Å². The molecule has 61 heavy (non-hydrogen) atoms. The highest BCUT2D eigenvalue weighted by molar-refractivity contribution is 6.26. The number of hydrogen-bond acceptors (Lipinski definition) is 19. The molecule has 0 saturated heterocycles. The summed E-state index contributed by atoms with van der Waals surface area (Å²) in [5, 5.41) is 46.1. The van der Waals surface area contributed by atoms with Gasteiger partial charge < -0.3 is 28.8 Å². The highest BCUT2D eigenvalue weighted by atomic mass is 35.5. The number of carbonyl (C=O) groups excluding carboxylic acids is 5. The first-order valence-electron chi connectivity index (χ1n) is 19.9. The van der Waals surface area contributed by atoms with E-state index < -0.39 is 80.5 Å². The Bertz CT molecular complexity index is 1900. The van der Waals surface area contributed by atoms with Crippen LogP contribution in [0, 0.1) is 28.6 Å². The molecule has 0 aliphatic heterocycles. The Hall–Kier alpha value is -4.28. The molecule has 0 bridgehead atoms. The number of alkyl halides is 1. The number of esters is 2. The van der Waals surface area contributed by atoms with Gasteiger partial charge in [0.25, 0.3) is 0 Å². The molecule has 3 fully saturated rings. The van der Waals surface area contributed by atoms with E-state index in [9.17, 15) is 29.1 Å². The molecular formula is C41H53ClN2O17. The second-order valence-electron chi connectivity index (χ2n) is 16.1. The van der Waals surface area contributed by atoms with Crippen LogP contribution in [0.3, 0.4) is 0 Å². The predicted octanol–water partition coefficient (Wildman–Crippen LogP) is 5.09. The van der Waals surface area contributed by atoms with Crippen molar-refractivity contribution < 1.29 is 83.3 Å². The first-order chi connectivity index (χ1) is 28.8. The summed E-state index contributed by atoms with van der Waals surface area (Å²) in [4.78, 5) is 73.6. The highest BCUT2D eigenvalue weighted by Gasteiger charge is 2.76. The van der Waals surface area contributed by atoms with Crippen LogP contribution in [0.4, 0.5) is 4.79 Å². The van der Waals surface area contributed by atoms with Gasteiger partial charge in [0.2, 0.25) is 5.78 Å². The molecule has 20 heteroatoms. The lowest BCUT2D eigenvalue weighted by atomic mass is 9.45. The summed E-state index contributed by atoms with van der Waals surface area (Å²) >= 11 is 7.60. The van der Waals surface area contributed by atoms with Gasteiger partial charge in [0.1, 0.15) is 0 Å². The Morgan fingerprint density at radius 1 is 0.951 bits per heavy atom. The lowest BCUT2D eigenvalue weighted by Crippen LogP contribution is -2.69. The van der Waals surface area contributed by atoms with Crippen molar-refractivity contribution in [3.63, 3.8) is 0 Å². The molecule has 0 radical (unpaired) electrons. The van der Waals surface area contributed by atoms with E-state index in [1.165, 1.54) is 43.5 Å². The summed E-state index contributed by atoms with van der Waals surface area (Å²) in [5.74, 6) is -3.78. The lowest BCUT2D eigenvalue weighted by molar-refractivity contribution is -0.492. The average molecular weight is 881 g/mol. The fourth-order valence-electron chi connectivity index (χ4n) is 9.95. The third kappa shape index (κ3) is 9.86. The van der Waals surface area contributed by atoms with Crippen molar-refractivity contribution in [1.29, 1.82) is 0 Å². The van der Waals surface area contributed by atoms with Crippen LogP contribution in [-0.4, -0.2) is 116 Å². The van der Waals surface area contributed by atoms with E-state index in [4.69, 9.17) is 56.1 Å². The number of ether oxygens (including phenoxy) is 5. The maximum Gasteiger partial charge on any atom is 0.514 e. The van der Waals surface area contributed by atoms with Crippen molar-refractivity contribution in [2.75, 3.05) is 33.5 Å². The van der Waals surface area contributed by atoms with Crippen LogP contribution in [-0.2, 0) is 43.1 Å². The molecule has 0 spiro atoms. The van der Waals surface area contributed by atoms with Gasteiger partial charge in [-0.3, -0.25) is 44.9 Å². The molecular weight excluding hydrogens is 828 g/mol. The number of aliphatic hydroxyl groups excluding tert-OH is 1. The molecule has 1 aromatic rings. The number of carbonyl (C=O) groups is 5. The molecule has 3 saturated carbocycles. The summed E-state index contributed by atoms with van der Waals surface area (Å²) in [5.41, 5.74) is -2.74. The number of nitrogens with zero attached hydrogens (tertiary/aromatic N) is 2. The minimum Gasteiger partial charge on any atom is -0.493 e. The van der Waals surface area contributed by atoms with E-state index in [1.54, 1.807) is 26.0 Å². The first kappa shape index (κ1) is 47.8. The number of methoxy groups -OCH3 is 1. The summed E-state index contributed by atoms with van der Waals surface area (Å²) in [7, 11) is 1.32. The van der Waals surface area contributed by atoms with Gasteiger partial charge in [0.15, 0.2) is 29.5 Å². The van der Waals surface area contributed by atoms with Crippen LogP contribution in [0.25, 0.3) is 6.08 Å². The van der Waals surface area contributed by atoms with Crippen molar-refractivity contribution >= 4 is 47.3 Å². The number of aliphatic hydroxyl groups is 1. The Kier molecular flexibility index (Phi) is 15.5. The molecule has 1 aromatic carbocycles. The van der Waals surface area contributed by atoms with Crippen LogP contribution in [0.1, 0.15) is 77.7 Å². The van der Waals surface area contributed by atoms with Gasteiger partial charge in [-0.15, -0.1) is 11.6 Å². The lowest BCUT2D eigenvalue weighted by Gasteiger charge is -2.64. The predicted molar refractivity (Wildman–Crippen MR) is 208 cm³/mol. The second kappa shape index (κ2) is 19.8. The third-order valence-corrected chi connectivity index (χ3v) is 13.6. The summed E-state index contributed by atoms with van der Waals surface area (Å²) in [6, 6.07) is 4.37. The van der Waals surface area contributed by atoms with E-state index in [-0.39, 0.29) is 62.3 Å². The van der Waals surface area contributed by atoms with Gasteiger partial charge in [0, 0.05) is 29.2 Å². The number of rotatable bonds is 19. The van der Waals surface area contributed by atoms with Crippen molar-refractivity contribution in [2.45, 2.75) is 88.7 Å². The quantitative estimate of drug-likeness (QED) is 0.0231. The molecule has 5 rings (SSSR count). The Morgan fingerprint density at radius 2 is 1.64 bits per heavy atom. The molecule has 0 heterocycles. The number of ketones is 2. The Labute approximate surface area is 356 Å². The maximum atomic E-state index is 14.7. The van der Waals surface area contributed by atoms with Crippen LogP contribution >= 0.6 is 11.6 Å². The normalized spacial score (nSPS) is 30.4. The molecule has 19 nitrogen and oxygen atoms in total. The van der Waals surface area contributed by atoms with Gasteiger partial charge in [-0.1, -0.05) is 38.5 Å². The average Bonchev–Trinajstić information content (AvgIpc) is 3.42. The number of fused-ring (bicyclic) bond motifs is 5. The standard InChI is InChI=1S/C41H53ClN2O17/c1-25-20-30-29-12-11-27-22-28(45)15-16-38(27,2)40(29,42)33(46)23-39(30,3)41(25,61-36(49)8-7-19-59-44(53)54)34(47)24-57-37(50)60-31-13-9-26(21-32(31)55-4)10-14-35(48)56-17-5-6-18-58-43(51)52/h9-10,13-16,21-22,25,29-30,33,46,51-54H,5-8,11-12,17-20,23-24H2,1-4H3/b14-10+/t25?,29?,30?,33-,38?,39-,40-,41-/m0/s1. The SMILES string of the molecule is COc1cc(/C=C/C(=O)OCCCCON(O)O)ccc1OC(=O)OCC(=O)[C@@]1(OC(=O)CCCON(O)O)C(C)CC2C3CCC4=CC(=O)C=CC4(C)[C@@]3(Cl)[C@@H](O)C[C@@]21C. The van der Waals surface area contributed by atoms with E-state index in [0.29, 0.717) is 37.7 Å². The molecule has 336 valence electrons. The van der Waals surface area contributed by atoms with E-state index in [2.05, 4.69) is 9.68 Å². The van der Waals surface area contributed by atoms with Crippen molar-refractivity contribution in [2.24, 2.45) is 28.6 Å². The summed E-state index contributed by atoms with van der Waals surface area (Å²) in [6.45, 7) is 4.36. The zero-order valence-corrected chi connectivity index (χ0v) is 35.1. The van der Waals surface area contributed by atoms with Crippen molar-refractivity contribution in [3.05, 3.63) is 53.6 Å². The van der Waals surface area contributed by atoms with Gasteiger partial charge in [0.05, 0.1) is 48.7 Å². The topological polar surface area (TPSA) is 258 Å². The monoisotopic (exact) mass is 880 g/mol. The van der Waals surface area contributed by atoms with E-state index in [0.717, 1.165) is 5.57 Å². The zero-order valence-electron chi connectivity index (χ0n) is 34.3. The minimum atomic E-state index is -1.92. The second-order valence-corrected chi connectivity index (χ2v) is 16.7. The largest absolute Gasteiger partial charge is 0.514 e. The number of allylic oxidation sites excluding steroid dienone is 4. The smallest absolute Gasteiger partial charge is 0.493 e. The third-order valence-electron chi connectivity index (χ3n) is 12.7. The number of unbranched alkanes of at least 4 members (excludes halogenated alkanes) is 1. The number of Topliss-reactive ketones (excluding diaryl/α,β-unsaturated/α-hetero) is 1. The number of halogens is 1. The molecule has 4 unspecified atom stereocenters. The van der Waals surface area contributed by atoms with Crippen LogP contribution in [0.5, 0.6) is 11.5 Å². The fourth-order valence-corrected chi connectivity index (χ4v) is 10.5. The van der Waals surface area contributed by atoms with Gasteiger partial charge >= 0.3 is 18.1 Å². The van der Waals surface area contributed by atoms with E-state index >= 15 is 0 Å². The van der Waals surface area contributed by atoms with Crippen LogP contribution < -0.4 is 9.47 Å². The summed E-state index contributed by atoms with van der Waals surface area (Å²) < 4.78 is 27.5. The van der Waals surface area contributed by atoms with Crippen molar-refractivity contribution in [1.82, 2.24) is 10.8 Å². The number of benzene rings is 1. The molecule has 4 aliphatic carbocycles. The Morgan fingerprint density at radius 3 is 2.33 bits per heavy atom. The molecule has 0 amide bonds. The van der Waals surface area contributed by atoms with E-state index in [1.807, 2.05) is 6.92 Å². The Balaban J connectivity index is 1.31. The zero-order chi connectivity index (χ0) is 44.8.